The molecule has 4 rings (SSSR count). The summed E-state index contributed by atoms with van der Waals surface area (Å²) in [7, 11) is -3.73. The van der Waals surface area contributed by atoms with Gasteiger partial charge in [0.15, 0.2) is 9.84 Å². The molecule has 3 aromatic rings. The van der Waals surface area contributed by atoms with E-state index < -0.39 is 20.4 Å². The fraction of sp³-hybridized carbons (Fsp3) is 0.286. The molecule has 0 amide bonds. The van der Waals surface area contributed by atoms with Gasteiger partial charge < -0.3 is 9.88 Å². The fourth-order valence-corrected chi connectivity index (χ4v) is 4.80. The Balaban J connectivity index is 1.70. The molecule has 0 aliphatic carbocycles. The van der Waals surface area contributed by atoms with Crippen LogP contribution in [0.1, 0.15) is 31.1 Å². The number of H-pyrrole nitrogens is 1. The highest BCUT2D eigenvalue weighted by Crippen LogP contribution is 2.37. The zero-order valence-corrected chi connectivity index (χ0v) is 17.6. The molecule has 0 saturated carbocycles. The van der Waals surface area contributed by atoms with E-state index in [1.807, 2.05) is 4.90 Å². The number of hydrogen-bond donors (Lipinski definition) is 1. The molecule has 10 heteroatoms. The van der Waals surface area contributed by atoms with Crippen LogP contribution in [0.15, 0.2) is 53.6 Å². The summed E-state index contributed by atoms with van der Waals surface area (Å²) in [5.74, 6) is 0.333. The highest BCUT2D eigenvalue weighted by Gasteiger charge is 2.30. The minimum absolute atomic E-state index is 0.167. The van der Waals surface area contributed by atoms with Gasteiger partial charge in [-0.25, -0.2) is 17.8 Å². The van der Waals surface area contributed by atoms with Gasteiger partial charge in [0.05, 0.1) is 22.9 Å². The van der Waals surface area contributed by atoms with Crippen molar-refractivity contribution in [2.75, 3.05) is 17.7 Å². The van der Waals surface area contributed by atoms with Crippen molar-refractivity contribution in [1.29, 1.82) is 0 Å². The number of halogens is 1. The van der Waals surface area contributed by atoms with Crippen LogP contribution in [-0.4, -0.2) is 36.1 Å². The van der Waals surface area contributed by atoms with Gasteiger partial charge in [-0.2, -0.15) is 0 Å². The molecule has 1 N–H and O–H groups in total. The highest BCUT2D eigenvalue weighted by atomic mass is 32.2. The van der Waals surface area contributed by atoms with Crippen molar-refractivity contribution in [3.8, 4) is 11.3 Å². The number of benzene rings is 2. The van der Waals surface area contributed by atoms with Crippen molar-refractivity contribution >= 4 is 21.2 Å². The Hall–Kier alpha value is -3.27. The maximum atomic E-state index is 13.6. The first-order chi connectivity index (χ1) is 14.7. The standard InChI is InChI=1S/C21H21FN4O4S/c1-31(29,30)20-9-8-16(12-19(20)26(27)28)25-10-3-2-7-18(25)21-23-13-17(24-21)14-5-4-6-15(22)11-14/h4-6,8-9,11-13,18H,2-3,7,10H2,1H3,(H,23,24)/t18-/m1/s1. The van der Waals surface area contributed by atoms with E-state index in [4.69, 9.17) is 0 Å². The summed E-state index contributed by atoms with van der Waals surface area (Å²) >= 11 is 0. The van der Waals surface area contributed by atoms with Crippen LogP contribution in [0.4, 0.5) is 15.8 Å². The number of nitrogens with one attached hydrogen (secondary N) is 1. The number of anilines is 1. The largest absolute Gasteiger partial charge is 0.361 e. The second-order valence-corrected chi connectivity index (χ2v) is 9.56. The van der Waals surface area contributed by atoms with Gasteiger partial charge in [0.1, 0.15) is 16.5 Å². The molecular weight excluding hydrogens is 423 g/mol. The number of hydrogen-bond acceptors (Lipinski definition) is 6. The summed E-state index contributed by atoms with van der Waals surface area (Å²) in [6.45, 7) is 0.649. The second kappa shape index (κ2) is 8.10. The van der Waals surface area contributed by atoms with E-state index in [9.17, 15) is 22.9 Å². The SMILES string of the molecule is CS(=O)(=O)c1ccc(N2CCCC[C@@H]2c2ncc(-c3cccc(F)c3)[nH]2)cc1[N+](=O)[O-]. The number of nitro groups is 1. The average molecular weight is 444 g/mol. The van der Waals surface area contributed by atoms with E-state index >= 15 is 0 Å². The quantitative estimate of drug-likeness (QED) is 0.465. The number of aromatic nitrogens is 2. The summed E-state index contributed by atoms with van der Waals surface area (Å²) in [6.07, 6.45) is 5.23. The number of aromatic amines is 1. The molecule has 162 valence electrons. The van der Waals surface area contributed by atoms with Crippen LogP contribution in [-0.2, 0) is 9.84 Å². The van der Waals surface area contributed by atoms with Gasteiger partial charge >= 0.3 is 0 Å². The van der Waals surface area contributed by atoms with Crippen LogP contribution in [0.25, 0.3) is 11.3 Å². The third-order valence-corrected chi connectivity index (χ3v) is 6.56. The number of nitro benzene ring substituents is 1. The Morgan fingerprint density at radius 1 is 1.23 bits per heavy atom. The Kier molecular flexibility index (Phi) is 5.48. The number of imidazole rings is 1. The molecule has 0 spiro atoms. The normalized spacial score (nSPS) is 17.0. The van der Waals surface area contributed by atoms with Crippen LogP contribution >= 0.6 is 0 Å². The van der Waals surface area contributed by atoms with E-state index in [-0.39, 0.29) is 16.8 Å². The fourth-order valence-electron chi connectivity index (χ4n) is 3.97. The first-order valence-corrected chi connectivity index (χ1v) is 11.7. The lowest BCUT2D eigenvalue weighted by Gasteiger charge is -2.36. The van der Waals surface area contributed by atoms with Crippen LogP contribution in [0, 0.1) is 15.9 Å². The van der Waals surface area contributed by atoms with E-state index in [1.54, 1.807) is 24.4 Å². The molecule has 1 saturated heterocycles. The zero-order valence-electron chi connectivity index (χ0n) is 16.8. The molecule has 1 aliphatic rings. The van der Waals surface area contributed by atoms with Gasteiger partial charge in [-0.05, 0) is 43.5 Å². The van der Waals surface area contributed by atoms with Gasteiger partial charge in [0.25, 0.3) is 5.69 Å². The van der Waals surface area contributed by atoms with Crippen LogP contribution in [0.5, 0.6) is 0 Å². The maximum absolute atomic E-state index is 13.6. The van der Waals surface area contributed by atoms with Gasteiger partial charge in [0, 0.05) is 30.1 Å². The Morgan fingerprint density at radius 2 is 2.03 bits per heavy atom. The summed E-state index contributed by atoms with van der Waals surface area (Å²) in [6, 6.07) is 10.2. The lowest BCUT2D eigenvalue weighted by molar-refractivity contribution is -0.387. The van der Waals surface area contributed by atoms with E-state index in [0.717, 1.165) is 25.5 Å². The van der Waals surface area contributed by atoms with Gasteiger partial charge in [-0.3, -0.25) is 10.1 Å². The Labute approximate surface area is 178 Å². The van der Waals surface area contributed by atoms with Crippen molar-refractivity contribution in [2.45, 2.75) is 30.2 Å². The molecule has 8 nitrogen and oxygen atoms in total. The maximum Gasteiger partial charge on any atom is 0.290 e. The summed E-state index contributed by atoms with van der Waals surface area (Å²) < 4.78 is 37.4. The third-order valence-electron chi connectivity index (χ3n) is 5.42. The average Bonchev–Trinajstić information content (AvgIpc) is 3.23. The van der Waals surface area contributed by atoms with Gasteiger partial charge in [-0.1, -0.05) is 12.1 Å². The van der Waals surface area contributed by atoms with Crippen LogP contribution in [0.3, 0.4) is 0 Å². The molecule has 1 aliphatic heterocycles. The molecule has 1 aromatic heterocycles. The van der Waals surface area contributed by atoms with Crippen molar-refractivity contribution < 1.29 is 17.7 Å². The molecular formula is C21H21FN4O4S. The van der Waals surface area contributed by atoms with Crippen molar-refractivity contribution in [1.82, 2.24) is 9.97 Å². The number of rotatable bonds is 5. The van der Waals surface area contributed by atoms with Gasteiger partial charge in [-0.15, -0.1) is 0 Å². The third kappa shape index (κ3) is 4.29. The van der Waals surface area contributed by atoms with E-state index in [0.29, 0.717) is 29.3 Å². The first kappa shape index (κ1) is 21.0. The van der Waals surface area contributed by atoms with Crippen molar-refractivity contribution in [3.05, 3.63) is 70.4 Å². The molecule has 0 unspecified atom stereocenters. The first-order valence-electron chi connectivity index (χ1n) is 9.80. The lowest BCUT2D eigenvalue weighted by atomic mass is 10.0. The Morgan fingerprint density at radius 3 is 2.74 bits per heavy atom. The van der Waals surface area contributed by atoms with Crippen molar-refractivity contribution in [3.63, 3.8) is 0 Å². The molecule has 2 aromatic carbocycles. The predicted molar refractivity (Wildman–Crippen MR) is 114 cm³/mol. The number of sulfone groups is 1. The number of piperidine rings is 1. The molecule has 1 atom stereocenters. The zero-order chi connectivity index (χ0) is 22.2. The minimum atomic E-state index is -3.73. The minimum Gasteiger partial charge on any atom is -0.361 e. The molecule has 1 fully saturated rings. The van der Waals surface area contributed by atoms with Crippen LogP contribution < -0.4 is 4.90 Å². The molecule has 0 bridgehead atoms. The second-order valence-electron chi connectivity index (χ2n) is 7.58. The summed E-state index contributed by atoms with van der Waals surface area (Å²) in [4.78, 5) is 20.3. The topological polar surface area (TPSA) is 109 Å². The van der Waals surface area contributed by atoms with E-state index in [2.05, 4.69) is 9.97 Å². The highest BCUT2D eigenvalue weighted by molar-refractivity contribution is 7.90. The number of nitrogens with zero attached hydrogens (tertiary/aromatic N) is 3. The summed E-state index contributed by atoms with van der Waals surface area (Å²) in [5, 5.41) is 11.5. The monoisotopic (exact) mass is 444 g/mol. The summed E-state index contributed by atoms with van der Waals surface area (Å²) in [5.41, 5.74) is 1.48. The van der Waals surface area contributed by atoms with Gasteiger partial charge in [0.2, 0.25) is 0 Å². The smallest absolute Gasteiger partial charge is 0.290 e. The molecule has 2 heterocycles. The van der Waals surface area contributed by atoms with E-state index in [1.165, 1.54) is 24.3 Å². The molecule has 31 heavy (non-hydrogen) atoms. The van der Waals surface area contributed by atoms with Crippen LogP contribution in [0.2, 0.25) is 0 Å². The predicted octanol–water partition coefficient (Wildman–Crippen LogP) is 4.26. The lowest BCUT2D eigenvalue weighted by Crippen LogP contribution is -2.34. The van der Waals surface area contributed by atoms with Crippen molar-refractivity contribution in [2.24, 2.45) is 0 Å². The molecule has 0 radical (unpaired) electrons. The Bertz CT molecular complexity index is 1240.